The van der Waals surface area contributed by atoms with Crippen molar-refractivity contribution in [3.63, 3.8) is 0 Å². The predicted octanol–water partition coefficient (Wildman–Crippen LogP) is 3.28. The van der Waals surface area contributed by atoms with Gasteiger partial charge in [0.2, 0.25) is 0 Å². The van der Waals surface area contributed by atoms with Crippen LogP contribution < -0.4 is 4.90 Å². The Bertz CT molecular complexity index is 988. The van der Waals surface area contributed by atoms with Gasteiger partial charge < -0.3 is 10.0 Å². The van der Waals surface area contributed by atoms with Gasteiger partial charge >= 0.3 is 5.97 Å². The molecule has 0 aromatic heterocycles. The molecule has 148 valence electrons. The van der Waals surface area contributed by atoms with Crippen molar-refractivity contribution in [2.75, 3.05) is 24.5 Å². The number of rotatable bonds is 4. The molecule has 29 heavy (non-hydrogen) atoms. The first-order valence-electron chi connectivity index (χ1n) is 9.79. The summed E-state index contributed by atoms with van der Waals surface area (Å²) in [6.07, 6.45) is 5.39. The summed E-state index contributed by atoms with van der Waals surface area (Å²) in [5.41, 5.74) is 3.18. The second-order valence-electron chi connectivity index (χ2n) is 7.33. The van der Waals surface area contributed by atoms with E-state index in [0.29, 0.717) is 16.7 Å². The van der Waals surface area contributed by atoms with Gasteiger partial charge in [0, 0.05) is 29.9 Å². The predicted molar refractivity (Wildman–Crippen MR) is 110 cm³/mol. The molecule has 6 heteroatoms. The molecule has 2 heterocycles. The summed E-state index contributed by atoms with van der Waals surface area (Å²) in [5.74, 6) is -2.39. The minimum Gasteiger partial charge on any atom is -0.480 e. The van der Waals surface area contributed by atoms with E-state index in [1.807, 2.05) is 24.3 Å². The first-order chi connectivity index (χ1) is 14.0. The summed E-state index contributed by atoms with van der Waals surface area (Å²) in [6, 6.07) is 14.8. The Morgan fingerprint density at radius 2 is 1.55 bits per heavy atom. The molecule has 1 saturated heterocycles. The molecule has 2 aromatic carbocycles. The Kier molecular flexibility index (Phi) is 5.16. The van der Waals surface area contributed by atoms with E-state index in [4.69, 9.17) is 5.11 Å². The molecule has 2 aliphatic heterocycles. The van der Waals surface area contributed by atoms with E-state index in [0.717, 1.165) is 29.2 Å². The molecule has 0 saturated carbocycles. The lowest BCUT2D eigenvalue weighted by atomic mass is 9.92. The number of amides is 2. The fourth-order valence-corrected chi connectivity index (χ4v) is 3.92. The Labute approximate surface area is 169 Å². The third-order valence-electron chi connectivity index (χ3n) is 5.39. The fourth-order valence-electron chi connectivity index (χ4n) is 3.92. The van der Waals surface area contributed by atoms with E-state index < -0.39 is 24.3 Å². The number of benzene rings is 2. The molecule has 0 aliphatic carbocycles. The first-order valence-corrected chi connectivity index (χ1v) is 9.79. The zero-order chi connectivity index (χ0) is 20.4. The van der Waals surface area contributed by atoms with Crippen molar-refractivity contribution in [1.29, 1.82) is 0 Å². The van der Waals surface area contributed by atoms with Crippen molar-refractivity contribution in [3.05, 3.63) is 65.2 Å². The Balaban J connectivity index is 1.69. The summed E-state index contributed by atoms with van der Waals surface area (Å²) in [7, 11) is 0. The Morgan fingerprint density at radius 3 is 2.21 bits per heavy atom. The van der Waals surface area contributed by atoms with Crippen LogP contribution in [-0.4, -0.2) is 47.4 Å². The maximum atomic E-state index is 12.9. The van der Waals surface area contributed by atoms with Gasteiger partial charge in [-0.1, -0.05) is 30.3 Å². The van der Waals surface area contributed by atoms with Gasteiger partial charge in [0.1, 0.15) is 6.54 Å². The number of carboxylic acids is 1. The standard InChI is InChI=1S/C23H22N2O4/c26-21(27)15-25-22(28)19-7-3-2-6-18(19)20(23(25)29)14-16-8-10-17(11-9-16)24-12-4-1-5-13-24/h2-3,6-11,14H,1,4-5,12-13,15H2,(H,26,27)/b20-14-. The molecule has 2 aliphatic rings. The van der Waals surface area contributed by atoms with Crippen molar-refractivity contribution >= 4 is 35.1 Å². The molecular weight excluding hydrogens is 368 g/mol. The summed E-state index contributed by atoms with van der Waals surface area (Å²) in [4.78, 5) is 39.8. The van der Waals surface area contributed by atoms with Crippen molar-refractivity contribution in [3.8, 4) is 0 Å². The second-order valence-corrected chi connectivity index (χ2v) is 7.33. The number of hydrogen-bond donors (Lipinski definition) is 1. The normalized spacial score (nSPS) is 18.1. The minimum atomic E-state index is -1.23. The minimum absolute atomic E-state index is 0.326. The monoisotopic (exact) mass is 390 g/mol. The molecular formula is C23H22N2O4. The van der Waals surface area contributed by atoms with Gasteiger partial charge in [-0.25, -0.2) is 0 Å². The van der Waals surface area contributed by atoms with Crippen LogP contribution in [0.3, 0.4) is 0 Å². The molecule has 0 spiro atoms. The quantitative estimate of drug-likeness (QED) is 0.640. The topological polar surface area (TPSA) is 77.9 Å². The zero-order valence-corrected chi connectivity index (χ0v) is 16.0. The third kappa shape index (κ3) is 3.78. The van der Waals surface area contributed by atoms with Crippen LogP contribution in [0, 0.1) is 0 Å². The number of piperidine rings is 1. The van der Waals surface area contributed by atoms with Crippen molar-refractivity contribution < 1.29 is 19.5 Å². The smallest absolute Gasteiger partial charge is 0.323 e. The molecule has 0 atom stereocenters. The number of aliphatic carboxylic acids is 1. The van der Waals surface area contributed by atoms with Crippen LogP contribution >= 0.6 is 0 Å². The molecule has 0 bridgehead atoms. The van der Waals surface area contributed by atoms with E-state index in [-0.39, 0.29) is 0 Å². The summed E-state index contributed by atoms with van der Waals surface area (Å²) in [6.45, 7) is 1.45. The van der Waals surface area contributed by atoms with Gasteiger partial charge in [-0.05, 0) is 54.7 Å². The number of fused-ring (bicyclic) bond motifs is 1. The molecule has 0 unspecified atom stereocenters. The highest BCUT2D eigenvalue weighted by Crippen LogP contribution is 2.31. The van der Waals surface area contributed by atoms with Gasteiger partial charge in [0.15, 0.2) is 0 Å². The van der Waals surface area contributed by atoms with Gasteiger partial charge in [0.05, 0.1) is 0 Å². The third-order valence-corrected chi connectivity index (χ3v) is 5.39. The lowest BCUT2D eigenvalue weighted by molar-refractivity contribution is -0.141. The van der Waals surface area contributed by atoms with Crippen LogP contribution in [0.1, 0.15) is 40.7 Å². The second kappa shape index (κ2) is 7.91. The zero-order valence-electron chi connectivity index (χ0n) is 16.0. The van der Waals surface area contributed by atoms with Crippen LogP contribution in [0.4, 0.5) is 5.69 Å². The maximum absolute atomic E-state index is 12.9. The lowest BCUT2D eigenvalue weighted by Gasteiger charge is -2.29. The highest BCUT2D eigenvalue weighted by Gasteiger charge is 2.35. The first kappa shape index (κ1) is 18.9. The summed E-state index contributed by atoms with van der Waals surface area (Å²) < 4.78 is 0. The average Bonchev–Trinajstić information content (AvgIpc) is 2.75. The van der Waals surface area contributed by atoms with Crippen LogP contribution in [0.2, 0.25) is 0 Å². The van der Waals surface area contributed by atoms with E-state index in [1.165, 1.54) is 19.3 Å². The van der Waals surface area contributed by atoms with Crippen LogP contribution in [0.25, 0.3) is 11.6 Å². The molecule has 0 radical (unpaired) electrons. The molecule has 6 nitrogen and oxygen atoms in total. The lowest BCUT2D eigenvalue weighted by Crippen LogP contribution is -2.44. The largest absolute Gasteiger partial charge is 0.480 e. The van der Waals surface area contributed by atoms with Crippen molar-refractivity contribution in [2.45, 2.75) is 19.3 Å². The summed E-state index contributed by atoms with van der Waals surface area (Å²) in [5, 5.41) is 9.11. The van der Waals surface area contributed by atoms with Gasteiger partial charge in [-0.3, -0.25) is 19.3 Å². The maximum Gasteiger partial charge on any atom is 0.323 e. The Hall–Kier alpha value is -3.41. The number of imide groups is 1. The van der Waals surface area contributed by atoms with E-state index >= 15 is 0 Å². The number of hydrogen-bond acceptors (Lipinski definition) is 4. The molecule has 2 amide bonds. The van der Waals surface area contributed by atoms with E-state index in [9.17, 15) is 14.4 Å². The number of carboxylic acid groups (broad SMARTS) is 1. The molecule has 1 N–H and O–H groups in total. The Morgan fingerprint density at radius 1 is 0.897 bits per heavy atom. The van der Waals surface area contributed by atoms with Crippen LogP contribution in [0.5, 0.6) is 0 Å². The van der Waals surface area contributed by atoms with Crippen molar-refractivity contribution in [2.24, 2.45) is 0 Å². The average molecular weight is 390 g/mol. The highest BCUT2D eigenvalue weighted by atomic mass is 16.4. The van der Waals surface area contributed by atoms with Crippen LogP contribution in [0.15, 0.2) is 48.5 Å². The van der Waals surface area contributed by atoms with Crippen molar-refractivity contribution in [1.82, 2.24) is 4.90 Å². The van der Waals surface area contributed by atoms with Gasteiger partial charge in [0.25, 0.3) is 11.8 Å². The van der Waals surface area contributed by atoms with Gasteiger partial charge in [-0.15, -0.1) is 0 Å². The number of anilines is 1. The fraction of sp³-hybridized carbons (Fsp3) is 0.261. The number of nitrogens with zero attached hydrogens (tertiary/aromatic N) is 2. The highest BCUT2D eigenvalue weighted by molar-refractivity contribution is 6.34. The van der Waals surface area contributed by atoms with E-state index in [2.05, 4.69) is 4.90 Å². The number of carbonyl (C=O) groups is 3. The molecule has 1 fully saturated rings. The molecule has 2 aromatic rings. The molecule has 4 rings (SSSR count). The SMILES string of the molecule is O=C(O)CN1C(=O)/C(=C\c2ccc(N3CCCCC3)cc2)c2ccccc2C1=O. The number of carbonyl (C=O) groups excluding carboxylic acids is 2. The van der Waals surface area contributed by atoms with E-state index in [1.54, 1.807) is 30.3 Å². The van der Waals surface area contributed by atoms with Gasteiger partial charge in [-0.2, -0.15) is 0 Å². The summed E-state index contributed by atoms with van der Waals surface area (Å²) >= 11 is 0. The van der Waals surface area contributed by atoms with Crippen LogP contribution in [-0.2, 0) is 9.59 Å².